The van der Waals surface area contributed by atoms with Crippen LogP contribution in [0.2, 0.25) is 0 Å². The number of hydrogen-bond donors (Lipinski definition) is 1. The second-order valence-corrected chi connectivity index (χ2v) is 9.78. The topological polar surface area (TPSA) is 66.5 Å². The molecule has 1 heterocycles. The lowest BCUT2D eigenvalue weighted by atomic mass is 9.95. The summed E-state index contributed by atoms with van der Waals surface area (Å²) in [6.45, 7) is 1.26. The van der Waals surface area contributed by atoms with Crippen LogP contribution in [0.25, 0.3) is 0 Å². The molecular weight excluding hydrogens is 336 g/mol. The van der Waals surface area contributed by atoms with Gasteiger partial charge in [-0.05, 0) is 61.6 Å². The average molecular weight is 362 g/mol. The Hall–Kier alpha value is -1.40. The zero-order valence-corrected chi connectivity index (χ0v) is 15.3. The maximum Gasteiger partial charge on any atom is 0.251 e. The van der Waals surface area contributed by atoms with Gasteiger partial charge in [-0.15, -0.1) is 0 Å². The zero-order valence-electron chi connectivity index (χ0n) is 14.5. The normalized spacial score (nSPS) is 29.2. The predicted octanol–water partition coefficient (Wildman–Crippen LogP) is 2.53. The van der Waals surface area contributed by atoms with Gasteiger partial charge in [0.15, 0.2) is 0 Å². The van der Waals surface area contributed by atoms with E-state index in [1.807, 2.05) is 0 Å². The van der Waals surface area contributed by atoms with Gasteiger partial charge in [0.05, 0.1) is 5.75 Å². The van der Waals surface area contributed by atoms with E-state index in [2.05, 4.69) is 5.32 Å². The molecule has 25 heavy (non-hydrogen) atoms. The van der Waals surface area contributed by atoms with Crippen molar-refractivity contribution in [3.63, 3.8) is 0 Å². The molecule has 3 aliphatic rings. The summed E-state index contributed by atoms with van der Waals surface area (Å²) in [6.07, 6.45) is 6.82. The maximum absolute atomic E-state index is 12.4. The molecule has 2 bridgehead atoms. The number of carbonyl (C=O) groups is 1. The molecule has 1 saturated heterocycles. The second-order valence-electron chi connectivity index (χ2n) is 7.81. The van der Waals surface area contributed by atoms with E-state index in [1.165, 1.54) is 19.3 Å². The van der Waals surface area contributed by atoms with E-state index >= 15 is 0 Å². The first-order chi connectivity index (χ1) is 12.0. The Balaban J connectivity index is 1.37. The molecular formula is C19H26N2O3S. The number of nitrogens with zero attached hydrogens (tertiary/aromatic N) is 1. The van der Waals surface area contributed by atoms with Gasteiger partial charge in [0.25, 0.3) is 5.91 Å². The number of carbonyl (C=O) groups excluding carboxylic acids is 1. The first-order valence-electron chi connectivity index (χ1n) is 9.39. The van der Waals surface area contributed by atoms with E-state index in [0.717, 1.165) is 30.7 Å². The summed E-state index contributed by atoms with van der Waals surface area (Å²) in [5.74, 6) is 1.43. The van der Waals surface area contributed by atoms with Gasteiger partial charge in [-0.25, -0.2) is 12.7 Å². The Morgan fingerprint density at radius 1 is 1.08 bits per heavy atom. The largest absolute Gasteiger partial charge is 0.349 e. The highest BCUT2D eigenvalue weighted by Crippen LogP contribution is 2.44. The lowest BCUT2D eigenvalue weighted by molar-refractivity contribution is 0.0923. The highest BCUT2D eigenvalue weighted by Gasteiger charge is 2.40. The third-order valence-electron chi connectivity index (χ3n) is 6.08. The number of sulfonamides is 1. The molecule has 1 aliphatic heterocycles. The summed E-state index contributed by atoms with van der Waals surface area (Å²) in [7, 11) is -3.24. The molecule has 3 fully saturated rings. The number of hydrogen-bond acceptors (Lipinski definition) is 3. The van der Waals surface area contributed by atoms with Gasteiger partial charge in [-0.3, -0.25) is 4.79 Å². The van der Waals surface area contributed by atoms with Crippen LogP contribution in [0.3, 0.4) is 0 Å². The molecule has 0 aromatic heterocycles. The van der Waals surface area contributed by atoms with Crippen LogP contribution < -0.4 is 5.32 Å². The number of fused-ring (bicyclic) bond motifs is 2. The highest BCUT2D eigenvalue weighted by atomic mass is 32.2. The van der Waals surface area contributed by atoms with Gasteiger partial charge in [-0.1, -0.05) is 18.6 Å². The zero-order chi connectivity index (χ0) is 17.4. The molecule has 136 valence electrons. The molecule has 2 aliphatic carbocycles. The smallest absolute Gasteiger partial charge is 0.251 e. The van der Waals surface area contributed by atoms with Crippen LogP contribution in [0, 0.1) is 11.8 Å². The fraction of sp³-hybridized carbons (Fsp3) is 0.632. The quantitative estimate of drug-likeness (QED) is 0.875. The van der Waals surface area contributed by atoms with Crippen molar-refractivity contribution in [1.29, 1.82) is 0 Å². The van der Waals surface area contributed by atoms with Crippen molar-refractivity contribution in [2.45, 2.75) is 50.3 Å². The molecule has 0 unspecified atom stereocenters. The average Bonchev–Trinajstić information content (AvgIpc) is 3.33. The van der Waals surface area contributed by atoms with Crippen molar-refractivity contribution >= 4 is 15.9 Å². The van der Waals surface area contributed by atoms with Gasteiger partial charge in [-0.2, -0.15) is 0 Å². The van der Waals surface area contributed by atoms with Crippen LogP contribution in [0.1, 0.15) is 54.4 Å². The Kier molecular flexibility index (Phi) is 4.58. The molecule has 2 saturated carbocycles. The van der Waals surface area contributed by atoms with E-state index in [1.54, 1.807) is 28.6 Å². The van der Waals surface area contributed by atoms with Crippen molar-refractivity contribution < 1.29 is 13.2 Å². The Bertz CT molecular complexity index is 738. The van der Waals surface area contributed by atoms with E-state index in [0.29, 0.717) is 30.6 Å². The molecule has 6 heteroatoms. The number of rotatable bonds is 5. The van der Waals surface area contributed by atoms with Crippen LogP contribution in [0.15, 0.2) is 24.3 Å². The van der Waals surface area contributed by atoms with Gasteiger partial charge in [0.1, 0.15) is 0 Å². The fourth-order valence-corrected chi connectivity index (χ4v) is 6.30. The Labute approximate surface area is 149 Å². The van der Waals surface area contributed by atoms with Crippen LogP contribution in [-0.4, -0.2) is 37.8 Å². The SMILES string of the molecule is O=C(N[C@@H]1C[C@@H]2CC[C@@H]1C2)c1ccc(CS(=O)(=O)N2CCCC2)cc1. The summed E-state index contributed by atoms with van der Waals surface area (Å²) in [6, 6.07) is 7.35. The number of benzene rings is 1. The Morgan fingerprint density at radius 3 is 2.40 bits per heavy atom. The standard InChI is InChI=1S/C19H26N2O3S/c22-19(20-18-12-15-5-8-17(18)11-15)16-6-3-14(4-7-16)13-25(23,24)21-9-1-2-10-21/h3-4,6-7,15,17-18H,1-2,5,8-13H2,(H,20,22)/t15-,17-,18-/m1/s1. The van der Waals surface area contributed by atoms with Gasteiger partial charge < -0.3 is 5.32 Å². The molecule has 4 rings (SSSR count). The van der Waals surface area contributed by atoms with E-state index in [-0.39, 0.29) is 11.7 Å². The summed E-state index contributed by atoms with van der Waals surface area (Å²) in [4.78, 5) is 12.4. The summed E-state index contributed by atoms with van der Waals surface area (Å²) in [5.41, 5.74) is 1.36. The minimum absolute atomic E-state index is 0.0152. The summed E-state index contributed by atoms with van der Waals surface area (Å²) < 4.78 is 26.3. The third kappa shape index (κ3) is 3.60. The molecule has 1 aromatic rings. The molecule has 0 radical (unpaired) electrons. The first kappa shape index (κ1) is 17.0. The predicted molar refractivity (Wildman–Crippen MR) is 96.6 cm³/mol. The molecule has 0 spiro atoms. The van der Waals surface area contributed by atoms with Crippen molar-refractivity contribution in [2.24, 2.45) is 11.8 Å². The number of nitrogens with one attached hydrogen (secondary N) is 1. The monoisotopic (exact) mass is 362 g/mol. The fourth-order valence-electron chi connectivity index (χ4n) is 4.69. The van der Waals surface area contributed by atoms with Crippen LogP contribution in [0.5, 0.6) is 0 Å². The maximum atomic E-state index is 12.4. The van der Waals surface area contributed by atoms with Gasteiger partial charge in [0.2, 0.25) is 10.0 Å². The second kappa shape index (κ2) is 6.72. The molecule has 5 nitrogen and oxygen atoms in total. The minimum Gasteiger partial charge on any atom is -0.349 e. The van der Waals surface area contributed by atoms with Crippen molar-refractivity contribution in [3.8, 4) is 0 Å². The Morgan fingerprint density at radius 2 is 1.80 bits per heavy atom. The molecule has 3 atom stereocenters. The van der Waals surface area contributed by atoms with Crippen molar-refractivity contribution in [2.75, 3.05) is 13.1 Å². The van der Waals surface area contributed by atoms with Crippen molar-refractivity contribution in [3.05, 3.63) is 35.4 Å². The molecule has 1 amide bonds. The lowest BCUT2D eigenvalue weighted by Gasteiger charge is -2.23. The first-order valence-corrected chi connectivity index (χ1v) is 11.0. The summed E-state index contributed by atoms with van der Waals surface area (Å²) in [5, 5.41) is 3.17. The molecule has 1 N–H and O–H groups in total. The van der Waals surface area contributed by atoms with Crippen LogP contribution in [-0.2, 0) is 15.8 Å². The molecule has 1 aromatic carbocycles. The minimum atomic E-state index is -3.24. The lowest BCUT2D eigenvalue weighted by Crippen LogP contribution is -2.38. The third-order valence-corrected chi connectivity index (χ3v) is 7.93. The summed E-state index contributed by atoms with van der Waals surface area (Å²) >= 11 is 0. The van der Waals surface area contributed by atoms with E-state index < -0.39 is 10.0 Å². The number of amides is 1. The highest BCUT2D eigenvalue weighted by molar-refractivity contribution is 7.88. The van der Waals surface area contributed by atoms with Gasteiger partial charge >= 0.3 is 0 Å². The van der Waals surface area contributed by atoms with Gasteiger partial charge in [0, 0.05) is 24.7 Å². The van der Waals surface area contributed by atoms with Crippen LogP contribution in [0.4, 0.5) is 0 Å². The van der Waals surface area contributed by atoms with Crippen molar-refractivity contribution in [1.82, 2.24) is 9.62 Å². The van der Waals surface area contributed by atoms with Crippen LogP contribution >= 0.6 is 0 Å². The van der Waals surface area contributed by atoms with E-state index in [4.69, 9.17) is 0 Å². The van der Waals surface area contributed by atoms with E-state index in [9.17, 15) is 13.2 Å².